The maximum absolute atomic E-state index is 10.9. The highest BCUT2D eigenvalue weighted by Crippen LogP contribution is 2.40. The van der Waals surface area contributed by atoms with Gasteiger partial charge >= 0.3 is 5.97 Å². The fraction of sp³-hybridized carbons (Fsp3) is 0.562. The van der Waals surface area contributed by atoms with Crippen molar-refractivity contribution in [1.82, 2.24) is 0 Å². The average Bonchev–Trinajstić information content (AvgIpc) is 2.40. The van der Waals surface area contributed by atoms with Gasteiger partial charge in [0.1, 0.15) is 0 Å². The average molecular weight is 276 g/mol. The smallest absolute Gasteiger partial charge is 0.335 e. The summed E-state index contributed by atoms with van der Waals surface area (Å²) in [6.07, 6.45) is 3.94. The van der Waals surface area contributed by atoms with E-state index in [9.17, 15) is 4.79 Å². The molecule has 1 aliphatic rings. The van der Waals surface area contributed by atoms with E-state index in [1.165, 1.54) is 43.0 Å². The molecule has 0 saturated carbocycles. The molecule has 1 aliphatic heterocycles. The normalized spacial score (nSPS) is 27.2. The summed E-state index contributed by atoms with van der Waals surface area (Å²) in [7, 11) is -0.934. The predicted molar refractivity (Wildman–Crippen MR) is 81.7 cm³/mol. The highest BCUT2D eigenvalue weighted by Gasteiger charge is 2.32. The lowest BCUT2D eigenvalue weighted by molar-refractivity contribution is 0.0697. The van der Waals surface area contributed by atoms with Gasteiger partial charge in [-0.15, -0.1) is 0 Å². The molecule has 3 heteroatoms. The monoisotopic (exact) mass is 276 g/mol. The van der Waals surface area contributed by atoms with Crippen molar-refractivity contribution in [3.8, 4) is 0 Å². The summed E-state index contributed by atoms with van der Waals surface area (Å²) in [5.74, 6) is -0.182. The van der Waals surface area contributed by atoms with Crippen molar-refractivity contribution >= 4 is 14.0 Å². The van der Waals surface area contributed by atoms with Gasteiger partial charge in [0.2, 0.25) is 0 Å². The van der Waals surface area contributed by atoms with Crippen molar-refractivity contribution in [3.63, 3.8) is 0 Å². The van der Waals surface area contributed by atoms with Crippen LogP contribution in [0.5, 0.6) is 0 Å². The van der Waals surface area contributed by atoms with Crippen LogP contribution in [0.15, 0.2) is 24.3 Å². The van der Waals surface area contributed by atoms with Gasteiger partial charge in [-0.25, -0.2) is 4.79 Å². The molecule has 0 bridgehead atoms. The van der Waals surface area contributed by atoms with Crippen LogP contribution in [0.25, 0.3) is 0 Å². The van der Waals surface area contributed by atoms with Gasteiger partial charge in [0.15, 0.2) is 0 Å². The highest BCUT2D eigenvalue weighted by molar-refractivity contribution is 6.78. The van der Waals surface area contributed by atoms with E-state index >= 15 is 0 Å². The molecular weight excluding hydrogens is 252 g/mol. The third kappa shape index (κ3) is 3.47. The lowest BCUT2D eigenvalue weighted by Gasteiger charge is -2.36. The van der Waals surface area contributed by atoms with Crippen molar-refractivity contribution in [1.29, 1.82) is 0 Å². The second-order valence-corrected chi connectivity index (χ2v) is 11.4. The van der Waals surface area contributed by atoms with Crippen LogP contribution in [0.3, 0.4) is 0 Å². The van der Waals surface area contributed by atoms with Crippen molar-refractivity contribution < 1.29 is 9.90 Å². The number of hydrogen-bond donors (Lipinski definition) is 1. The molecule has 2 rings (SSSR count). The van der Waals surface area contributed by atoms with E-state index in [1.807, 2.05) is 12.1 Å². The summed E-state index contributed by atoms with van der Waals surface area (Å²) < 4.78 is 0. The second-order valence-electron chi connectivity index (χ2n) is 6.26. The summed E-state index contributed by atoms with van der Waals surface area (Å²) in [5.41, 5.74) is 1.72. The van der Waals surface area contributed by atoms with Gasteiger partial charge in [0.05, 0.1) is 13.6 Å². The van der Waals surface area contributed by atoms with Crippen molar-refractivity contribution in [2.75, 3.05) is 0 Å². The van der Waals surface area contributed by atoms with E-state index in [4.69, 9.17) is 5.11 Å². The van der Waals surface area contributed by atoms with Crippen LogP contribution in [-0.4, -0.2) is 19.1 Å². The van der Waals surface area contributed by atoms with Gasteiger partial charge in [-0.05, 0) is 36.5 Å². The first kappa shape index (κ1) is 14.3. The quantitative estimate of drug-likeness (QED) is 0.806. The van der Waals surface area contributed by atoms with Gasteiger partial charge in [-0.3, -0.25) is 0 Å². The molecule has 19 heavy (non-hydrogen) atoms. The summed E-state index contributed by atoms with van der Waals surface area (Å²) in [6, 6.07) is 11.9. The maximum Gasteiger partial charge on any atom is 0.335 e. The predicted octanol–water partition coefficient (Wildman–Crippen LogP) is 4.75. The Kier molecular flexibility index (Phi) is 4.45. The van der Waals surface area contributed by atoms with Gasteiger partial charge in [0.25, 0.3) is 0 Å². The number of hydrogen-bond acceptors (Lipinski definition) is 1. The minimum atomic E-state index is -0.934. The largest absolute Gasteiger partial charge is 0.478 e. The zero-order valence-electron chi connectivity index (χ0n) is 12.0. The number of carboxylic acids is 1. The summed E-state index contributed by atoms with van der Waals surface area (Å²) in [4.78, 5) is 10.9. The molecule has 104 valence electrons. The molecule has 1 N–H and O–H groups in total. The minimum Gasteiger partial charge on any atom is -0.478 e. The first-order valence-electron chi connectivity index (χ1n) is 7.37. The third-order valence-corrected chi connectivity index (χ3v) is 9.37. The Labute approximate surface area is 116 Å². The first-order valence-corrected chi connectivity index (χ1v) is 10.5. The Morgan fingerprint density at radius 2 is 1.84 bits per heavy atom. The minimum absolute atomic E-state index is 0.393. The molecule has 2 nitrogen and oxygen atoms in total. The Bertz CT molecular complexity index is 431. The highest BCUT2D eigenvalue weighted by atomic mass is 28.3. The molecule has 1 fully saturated rings. The van der Waals surface area contributed by atoms with E-state index in [1.54, 1.807) is 12.1 Å². The summed E-state index contributed by atoms with van der Waals surface area (Å²) in [6.45, 7) is 4.86. The van der Waals surface area contributed by atoms with Gasteiger partial charge in [-0.2, -0.15) is 0 Å². The summed E-state index contributed by atoms with van der Waals surface area (Å²) >= 11 is 0. The van der Waals surface area contributed by atoms with Crippen molar-refractivity contribution in [3.05, 3.63) is 35.4 Å². The molecule has 1 saturated heterocycles. The zero-order chi connectivity index (χ0) is 13.9. The lowest BCUT2D eigenvalue weighted by atomic mass is 9.93. The Morgan fingerprint density at radius 3 is 2.32 bits per heavy atom. The van der Waals surface area contributed by atoms with E-state index in [-0.39, 0.29) is 0 Å². The van der Waals surface area contributed by atoms with Crippen molar-refractivity contribution in [2.24, 2.45) is 0 Å². The van der Waals surface area contributed by atoms with Crippen LogP contribution in [0.4, 0.5) is 0 Å². The van der Waals surface area contributed by atoms with Gasteiger partial charge in [0, 0.05) is 0 Å². The van der Waals surface area contributed by atoms with Gasteiger partial charge < -0.3 is 5.11 Å². The second kappa shape index (κ2) is 5.91. The SMILES string of the molecule is CCC[Si@]1(C)CC[C@@H](c2ccc(C(=O)O)cc2)CC1. The molecule has 0 unspecified atom stereocenters. The molecule has 0 amide bonds. The molecular formula is C16H24O2Si. The van der Waals surface area contributed by atoms with Crippen LogP contribution in [0.1, 0.15) is 48.0 Å². The molecule has 1 heterocycles. The Hall–Kier alpha value is -1.09. The zero-order valence-corrected chi connectivity index (χ0v) is 13.0. The number of rotatable bonds is 4. The van der Waals surface area contributed by atoms with Crippen LogP contribution in [0, 0.1) is 0 Å². The molecule has 1 aromatic carbocycles. The van der Waals surface area contributed by atoms with E-state index in [0.29, 0.717) is 11.5 Å². The Balaban J connectivity index is 1.99. The van der Waals surface area contributed by atoms with Crippen molar-refractivity contribution in [2.45, 2.75) is 56.8 Å². The molecule has 1 aromatic rings. The van der Waals surface area contributed by atoms with Crippen LogP contribution < -0.4 is 0 Å². The van der Waals surface area contributed by atoms with Crippen LogP contribution >= 0.6 is 0 Å². The lowest BCUT2D eigenvalue weighted by Crippen LogP contribution is -2.33. The molecule has 0 aromatic heterocycles. The summed E-state index contributed by atoms with van der Waals surface area (Å²) in [5, 5.41) is 8.92. The number of benzene rings is 1. The van der Waals surface area contributed by atoms with E-state index < -0.39 is 14.0 Å². The number of aromatic carboxylic acids is 1. The van der Waals surface area contributed by atoms with Crippen LogP contribution in [0.2, 0.25) is 24.7 Å². The molecule has 0 atom stereocenters. The molecule has 0 radical (unpaired) electrons. The number of carboxylic acid groups (broad SMARTS) is 1. The Morgan fingerprint density at radius 1 is 1.26 bits per heavy atom. The molecule has 0 spiro atoms. The fourth-order valence-electron chi connectivity index (χ4n) is 3.40. The molecule has 0 aliphatic carbocycles. The topological polar surface area (TPSA) is 37.3 Å². The third-order valence-electron chi connectivity index (χ3n) is 4.68. The number of carbonyl (C=O) groups is 1. The first-order chi connectivity index (χ1) is 9.04. The maximum atomic E-state index is 10.9. The van der Waals surface area contributed by atoms with E-state index in [2.05, 4.69) is 13.5 Å². The van der Waals surface area contributed by atoms with E-state index in [0.717, 1.165) is 0 Å². The fourth-order valence-corrected chi connectivity index (χ4v) is 7.45. The standard InChI is InChI=1S/C16H24O2Si/c1-3-10-19(2)11-8-14(9-12-19)13-4-6-15(7-5-13)16(17)18/h4-7,14H,3,8-12H2,1-2H3,(H,17,18)/t14-,19-. The van der Waals surface area contributed by atoms with Crippen LogP contribution in [-0.2, 0) is 0 Å². The van der Waals surface area contributed by atoms with Gasteiger partial charge in [-0.1, -0.05) is 50.2 Å².